The molecule has 2 heterocycles. The van der Waals surface area contributed by atoms with Gasteiger partial charge >= 0.3 is 0 Å². The third-order valence-corrected chi connectivity index (χ3v) is 4.86. The minimum atomic E-state index is 0.419. The standard InChI is InChI=1S/C15H25N3/c1-11-17-12-10-16-9-7-13(12)18(11)14-6-4-5-8-15(14,2)3/h14,16H,4-10H2,1-3H3. The lowest BCUT2D eigenvalue weighted by Gasteiger charge is -2.41. The second-order valence-corrected chi connectivity index (χ2v) is 6.60. The van der Waals surface area contributed by atoms with Gasteiger partial charge in [0.15, 0.2) is 0 Å². The normalized spacial score (nSPS) is 26.9. The van der Waals surface area contributed by atoms with Crippen LogP contribution in [0.1, 0.15) is 62.8 Å². The van der Waals surface area contributed by atoms with Gasteiger partial charge in [-0.1, -0.05) is 26.7 Å². The van der Waals surface area contributed by atoms with Crippen molar-refractivity contribution >= 4 is 0 Å². The first-order valence-electron chi connectivity index (χ1n) is 7.37. The van der Waals surface area contributed by atoms with Crippen LogP contribution in [0.4, 0.5) is 0 Å². The van der Waals surface area contributed by atoms with Crippen molar-refractivity contribution in [3.63, 3.8) is 0 Å². The Balaban J connectivity index is 2.03. The highest BCUT2D eigenvalue weighted by molar-refractivity contribution is 5.21. The van der Waals surface area contributed by atoms with E-state index < -0.39 is 0 Å². The molecule has 0 radical (unpaired) electrons. The molecule has 0 saturated heterocycles. The monoisotopic (exact) mass is 247 g/mol. The Morgan fingerprint density at radius 2 is 2.17 bits per heavy atom. The van der Waals surface area contributed by atoms with Gasteiger partial charge in [0.1, 0.15) is 5.82 Å². The van der Waals surface area contributed by atoms with Crippen LogP contribution in [-0.2, 0) is 13.0 Å². The first-order valence-corrected chi connectivity index (χ1v) is 7.37. The van der Waals surface area contributed by atoms with E-state index in [1.165, 1.54) is 42.9 Å². The number of aromatic nitrogens is 2. The number of hydrogen-bond acceptors (Lipinski definition) is 2. The molecule has 0 spiro atoms. The van der Waals surface area contributed by atoms with Crippen molar-refractivity contribution < 1.29 is 0 Å². The molecule has 1 fully saturated rings. The molecule has 0 amide bonds. The summed E-state index contributed by atoms with van der Waals surface area (Å²) >= 11 is 0. The van der Waals surface area contributed by atoms with Crippen LogP contribution in [0.2, 0.25) is 0 Å². The lowest BCUT2D eigenvalue weighted by molar-refractivity contribution is 0.139. The molecule has 100 valence electrons. The number of aryl methyl sites for hydroxylation is 1. The quantitative estimate of drug-likeness (QED) is 0.827. The maximum absolute atomic E-state index is 4.79. The smallest absolute Gasteiger partial charge is 0.106 e. The molecule has 0 aromatic carbocycles. The molecule has 1 aromatic heterocycles. The Hall–Kier alpha value is -0.830. The topological polar surface area (TPSA) is 29.9 Å². The Morgan fingerprint density at radius 1 is 1.33 bits per heavy atom. The summed E-state index contributed by atoms with van der Waals surface area (Å²) < 4.78 is 2.58. The summed E-state index contributed by atoms with van der Waals surface area (Å²) in [5.74, 6) is 1.23. The van der Waals surface area contributed by atoms with E-state index in [-0.39, 0.29) is 0 Å². The average Bonchev–Trinajstić information content (AvgIpc) is 2.65. The van der Waals surface area contributed by atoms with Crippen LogP contribution in [-0.4, -0.2) is 16.1 Å². The first-order chi connectivity index (χ1) is 8.59. The van der Waals surface area contributed by atoms with Gasteiger partial charge in [-0.05, 0) is 25.2 Å². The molecule has 1 aliphatic carbocycles. The molecule has 1 saturated carbocycles. The lowest BCUT2D eigenvalue weighted by Crippen LogP contribution is -2.33. The Morgan fingerprint density at radius 3 is 2.94 bits per heavy atom. The first kappa shape index (κ1) is 12.2. The Labute approximate surface area is 110 Å². The summed E-state index contributed by atoms with van der Waals surface area (Å²) in [4.78, 5) is 4.79. The minimum absolute atomic E-state index is 0.419. The van der Waals surface area contributed by atoms with Gasteiger partial charge in [-0.25, -0.2) is 4.98 Å². The van der Waals surface area contributed by atoms with Gasteiger partial charge in [-0.15, -0.1) is 0 Å². The van der Waals surface area contributed by atoms with Crippen molar-refractivity contribution in [3.05, 3.63) is 17.2 Å². The van der Waals surface area contributed by atoms with E-state index in [0.717, 1.165) is 19.5 Å². The van der Waals surface area contributed by atoms with Crippen LogP contribution in [0.25, 0.3) is 0 Å². The highest BCUT2D eigenvalue weighted by atomic mass is 15.1. The van der Waals surface area contributed by atoms with E-state index >= 15 is 0 Å². The van der Waals surface area contributed by atoms with Crippen LogP contribution >= 0.6 is 0 Å². The summed E-state index contributed by atoms with van der Waals surface area (Å²) in [5.41, 5.74) is 3.22. The molecule has 1 aromatic rings. The summed E-state index contributed by atoms with van der Waals surface area (Å²) in [5, 5.41) is 3.43. The molecule has 1 aliphatic heterocycles. The second kappa shape index (κ2) is 4.37. The van der Waals surface area contributed by atoms with Gasteiger partial charge < -0.3 is 9.88 Å². The lowest BCUT2D eigenvalue weighted by atomic mass is 9.73. The van der Waals surface area contributed by atoms with Crippen LogP contribution in [0.5, 0.6) is 0 Å². The highest BCUT2D eigenvalue weighted by Gasteiger charge is 2.36. The Bertz CT molecular complexity index is 445. The van der Waals surface area contributed by atoms with Crippen LogP contribution < -0.4 is 5.32 Å². The molecule has 1 unspecified atom stereocenters. The average molecular weight is 247 g/mol. The summed E-state index contributed by atoms with van der Waals surface area (Å²) in [6.45, 7) is 9.11. The highest BCUT2D eigenvalue weighted by Crippen LogP contribution is 2.45. The van der Waals surface area contributed by atoms with E-state index in [1.54, 1.807) is 0 Å². The number of nitrogens with zero attached hydrogens (tertiary/aromatic N) is 2. The molecule has 1 atom stereocenters. The van der Waals surface area contributed by atoms with Crippen molar-refractivity contribution in [3.8, 4) is 0 Å². The molecular weight excluding hydrogens is 222 g/mol. The fourth-order valence-corrected chi connectivity index (χ4v) is 3.84. The fourth-order valence-electron chi connectivity index (χ4n) is 3.84. The van der Waals surface area contributed by atoms with Crippen LogP contribution in [0.15, 0.2) is 0 Å². The minimum Gasteiger partial charge on any atom is -0.328 e. The number of hydrogen-bond donors (Lipinski definition) is 1. The molecule has 0 bridgehead atoms. The zero-order valence-electron chi connectivity index (χ0n) is 11.9. The van der Waals surface area contributed by atoms with Gasteiger partial charge in [-0.3, -0.25) is 0 Å². The second-order valence-electron chi connectivity index (χ2n) is 6.60. The molecule has 3 rings (SSSR count). The van der Waals surface area contributed by atoms with Gasteiger partial charge in [-0.2, -0.15) is 0 Å². The molecule has 2 aliphatic rings. The summed E-state index contributed by atoms with van der Waals surface area (Å²) in [7, 11) is 0. The number of imidazole rings is 1. The molecule has 3 nitrogen and oxygen atoms in total. The third-order valence-electron chi connectivity index (χ3n) is 4.86. The zero-order valence-corrected chi connectivity index (χ0v) is 11.9. The molecule has 3 heteroatoms. The van der Waals surface area contributed by atoms with Gasteiger partial charge in [0.05, 0.1) is 5.69 Å². The van der Waals surface area contributed by atoms with Gasteiger partial charge in [0.25, 0.3) is 0 Å². The summed E-state index contributed by atoms with van der Waals surface area (Å²) in [6, 6.07) is 0.653. The van der Waals surface area contributed by atoms with Crippen LogP contribution in [0, 0.1) is 12.3 Å². The zero-order chi connectivity index (χ0) is 12.8. The van der Waals surface area contributed by atoms with E-state index in [9.17, 15) is 0 Å². The van der Waals surface area contributed by atoms with E-state index in [4.69, 9.17) is 4.98 Å². The summed E-state index contributed by atoms with van der Waals surface area (Å²) in [6.07, 6.45) is 6.58. The number of rotatable bonds is 1. The maximum Gasteiger partial charge on any atom is 0.106 e. The molecule has 18 heavy (non-hydrogen) atoms. The van der Waals surface area contributed by atoms with Crippen molar-refractivity contribution in [2.24, 2.45) is 5.41 Å². The van der Waals surface area contributed by atoms with Crippen molar-refractivity contribution in [1.82, 2.24) is 14.9 Å². The number of nitrogens with one attached hydrogen (secondary N) is 1. The maximum atomic E-state index is 4.79. The fraction of sp³-hybridized carbons (Fsp3) is 0.800. The van der Waals surface area contributed by atoms with E-state index in [1.807, 2.05) is 0 Å². The van der Waals surface area contributed by atoms with E-state index in [0.29, 0.717) is 11.5 Å². The predicted octanol–water partition coefficient (Wildman–Crippen LogP) is 2.98. The third kappa shape index (κ3) is 1.89. The van der Waals surface area contributed by atoms with Crippen LogP contribution in [0.3, 0.4) is 0 Å². The van der Waals surface area contributed by atoms with Crippen molar-refractivity contribution in [2.45, 2.75) is 65.5 Å². The predicted molar refractivity (Wildman–Crippen MR) is 73.7 cm³/mol. The van der Waals surface area contributed by atoms with Crippen molar-refractivity contribution in [1.29, 1.82) is 0 Å². The van der Waals surface area contributed by atoms with Gasteiger partial charge in [0.2, 0.25) is 0 Å². The molecule has 1 N–H and O–H groups in total. The van der Waals surface area contributed by atoms with E-state index in [2.05, 4.69) is 30.7 Å². The molecular formula is C15H25N3. The van der Waals surface area contributed by atoms with Crippen molar-refractivity contribution in [2.75, 3.05) is 6.54 Å². The Kier molecular flexibility index (Phi) is 2.97. The number of fused-ring (bicyclic) bond motifs is 1. The van der Waals surface area contributed by atoms with Gasteiger partial charge in [0, 0.05) is 31.2 Å². The largest absolute Gasteiger partial charge is 0.328 e. The SMILES string of the molecule is Cc1nc2c(n1C1CCCCC1(C)C)CCNC2.